The van der Waals surface area contributed by atoms with Gasteiger partial charge in [-0.2, -0.15) is 0 Å². The number of hydrogen-bond acceptors (Lipinski definition) is 1. The molecule has 1 saturated carbocycles. The molecule has 1 aliphatic carbocycles. The van der Waals surface area contributed by atoms with E-state index in [1.165, 1.54) is 38.5 Å². The monoisotopic (exact) mass is 287 g/mol. The van der Waals surface area contributed by atoms with Gasteiger partial charge in [-0.25, -0.2) is 0 Å². The summed E-state index contributed by atoms with van der Waals surface area (Å²) in [6, 6.07) is 0.468. The van der Waals surface area contributed by atoms with E-state index < -0.39 is 0 Å². The minimum atomic E-state index is 0.335. The van der Waals surface area contributed by atoms with Crippen molar-refractivity contribution in [2.75, 3.05) is 11.9 Å². The van der Waals surface area contributed by atoms with Gasteiger partial charge in [0, 0.05) is 23.8 Å². The molecule has 0 aromatic carbocycles. The second-order valence-corrected chi connectivity index (χ2v) is 5.82. The Kier molecular flexibility index (Phi) is 4.68. The Balaban J connectivity index is 1.94. The number of nitrogens with zero attached hydrogens (tertiary/aromatic N) is 1. The highest BCUT2D eigenvalue weighted by molar-refractivity contribution is 9.09. The van der Waals surface area contributed by atoms with Crippen molar-refractivity contribution in [3.05, 3.63) is 0 Å². The lowest BCUT2D eigenvalue weighted by Gasteiger charge is -2.27. The molecular formula is C13H22BrNO. The molecule has 3 heteroatoms. The molecular weight excluding hydrogens is 266 g/mol. The quantitative estimate of drug-likeness (QED) is 0.563. The molecule has 1 saturated heterocycles. The van der Waals surface area contributed by atoms with Gasteiger partial charge in [-0.3, -0.25) is 4.79 Å². The number of amides is 1. The van der Waals surface area contributed by atoms with Crippen molar-refractivity contribution in [1.82, 2.24) is 4.90 Å². The molecule has 0 aromatic heterocycles. The van der Waals surface area contributed by atoms with Gasteiger partial charge >= 0.3 is 0 Å². The molecule has 16 heavy (non-hydrogen) atoms. The number of carbonyl (C=O) groups excluding carboxylic acids is 1. The van der Waals surface area contributed by atoms with Crippen LogP contribution < -0.4 is 0 Å². The Hall–Kier alpha value is -0.0500. The van der Waals surface area contributed by atoms with Crippen LogP contribution in [0.3, 0.4) is 0 Å². The van der Waals surface area contributed by atoms with Gasteiger partial charge in [-0.15, -0.1) is 0 Å². The van der Waals surface area contributed by atoms with E-state index in [4.69, 9.17) is 0 Å². The molecule has 0 aromatic rings. The van der Waals surface area contributed by atoms with Gasteiger partial charge in [-0.1, -0.05) is 41.6 Å². The van der Waals surface area contributed by atoms with Crippen LogP contribution in [0.1, 0.15) is 51.4 Å². The number of carbonyl (C=O) groups is 1. The Morgan fingerprint density at radius 2 is 1.75 bits per heavy atom. The summed E-state index contributed by atoms with van der Waals surface area (Å²) in [5.74, 6) is 0.783. The summed E-state index contributed by atoms with van der Waals surface area (Å²) in [4.78, 5) is 14.6. The van der Waals surface area contributed by atoms with Crippen LogP contribution in [-0.2, 0) is 4.79 Å². The van der Waals surface area contributed by atoms with Crippen molar-refractivity contribution >= 4 is 21.8 Å². The zero-order valence-corrected chi connectivity index (χ0v) is 11.5. The Bertz CT molecular complexity index is 236. The summed E-state index contributed by atoms with van der Waals surface area (Å²) in [5.41, 5.74) is 0. The lowest BCUT2D eigenvalue weighted by molar-refractivity contribution is -0.136. The highest BCUT2D eigenvalue weighted by atomic mass is 79.9. The number of halogens is 1. The van der Waals surface area contributed by atoms with Crippen molar-refractivity contribution in [1.29, 1.82) is 0 Å². The summed E-state index contributed by atoms with van der Waals surface area (Å²) >= 11 is 3.53. The first-order chi connectivity index (χ1) is 7.83. The maximum Gasteiger partial charge on any atom is 0.225 e. The predicted octanol–water partition coefficient (Wildman–Crippen LogP) is 3.34. The fraction of sp³-hybridized carbons (Fsp3) is 0.923. The number of alkyl halides is 1. The van der Waals surface area contributed by atoms with Crippen LogP contribution in [0.25, 0.3) is 0 Å². The van der Waals surface area contributed by atoms with Gasteiger partial charge in [0.2, 0.25) is 5.91 Å². The number of likely N-dealkylation sites (tertiary alicyclic amines) is 1. The molecule has 1 amide bonds. The van der Waals surface area contributed by atoms with Gasteiger partial charge in [0.25, 0.3) is 0 Å². The fourth-order valence-corrected chi connectivity index (χ4v) is 3.72. The second kappa shape index (κ2) is 6.04. The summed E-state index contributed by atoms with van der Waals surface area (Å²) in [7, 11) is 0. The molecule has 1 unspecified atom stereocenters. The summed E-state index contributed by atoms with van der Waals surface area (Å²) in [6.45, 7) is 0.992. The molecule has 2 nitrogen and oxygen atoms in total. The van der Waals surface area contributed by atoms with Gasteiger partial charge < -0.3 is 4.90 Å². The van der Waals surface area contributed by atoms with Gasteiger partial charge in [0.15, 0.2) is 0 Å². The molecule has 0 N–H and O–H groups in total. The van der Waals surface area contributed by atoms with Gasteiger partial charge in [0.05, 0.1) is 0 Å². The van der Waals surface area contributed by atoms with Crippen LogP contribution in [0, 0.1) is 5.92 Å². The molecule has 1 aliphatic heterocycles. The Labute approximate surface area is 107 Å². The van der Waals surface area contributed by atoms with Crippen molar-refractivity contribution < 1.29 is 4.79 Å². The van der Waals surface area contributed by atoms with E-state index in [1.54, 1.807) is 0 Å². The Morgan fingerprint density at radius 3 is 2.38 bits per heavy atom. The SMILES string of the molecule is O=C(C1CCCCCC1)N1CCCC1CBr. The molecule has 1 atom stereocenters. The third kappa shape index (κ3) is 2.79. The number of hydrogen-bond donors (Lipinski definition) is 0. The highest BCUT2D eigenvalue weighted by Crippen LogP contribution is 2.28. The highest BCUT2D eigenvalue weighted by Gasteiger charge is 2.32. The standard InChI is InChI=1S/C13H22BrNO/c14-10-12-8-5-9-15(12)13(16)11-6-3-1-2-4-7-11/h11-12H,1-10H2. The zero-order valence-electron chi connectivity index (χ0n) is 9.96. The molecule has 0 bridgehead atoms. The van der Waals surface area contributed by atoms with Crippen LogP contribution >= 0.6 is 15.9 Å². The zero-order chi connectivity index (χ0) is 11.4. The van der Waals surface area contributed by atoms with Gasteiger partial charge in [0.1, 0.15) is 0 Å². The first-order valence-corrected chi connectivity index (χ1v) is 7.81. The largest absolute Gasteiger partial charge is 0.339 e. The first-order valence-electron chi connectivity index (χ1n) is 6.69. The van der Waals surface area contributed by atoms with E-state index in [0.717, 1.165) is 24.7 Å². The molecule has 1 heterocycles. The predicted molar refractivity (Wildman–Crippen MR) is 69.7 cm³/mol. The second-order valence-electron chi connectivity index (χ2n) is 5.17. The lowest BCUT2D eigenvalue weighted by atomic mass is 9.98. The van der Waals surface area contributed by atoms with Crippen LogP contribution in [0.4, 0.5) is 0 Å². The summed E-state index contributed by atoms with van der Waals surface area (Å²) in [6.07, 6.45) is 9.79. The summed E-state index contributed by atoms with van der Waals surface area (Å²) in [5, 5.41) is 0.950. The van der Waals surface area contributed by atoms with E-state index in [9.17, 15) is 4.79 Å². The minimum Gasteiger partial charge on any atom is -0.339 e. The van der Waals surface area contributed by atoms with Crippen molar-refractivity contribution in [2.24, 2.45) is 5.92 Å². The molecule has 2 rings (SSSR count). The van der Waals surface area contributed by atoms with Crippen molar-refractivity contribution in [3.63, 3.8) is 0 Å². The number of rotatable bonds is 2. The van der Waals surface area contributed by atoms with Crippen molar-refractivity contribution in [3.8, 4) is 0 Å². The van der Waals surface area contributed by atoms with Gasteiger partial charge in [-0.05, 0) is 25.7 Å². The van der Waals surface area contributed by atoms with E-state index in [-0.39, 0.29) is 0 Å². The first kappa shape index (κ1) is 12.4. The van der Waals surface area contributed by atoms with Crippen LogP contribution in [0.5, 0.6) is 0 Å². The average molecular weight is 288 g/mol. The average Bonchev–Trinajstić information content (AvgIpc) is 2.61. The maximum atomic E-state index is 12.4. The topological polar surface area (TPSA) is 20.3 Å². The van der Waals surface area contributed by atoms with E-state index in [2.05, 4.69) is 20.8 Å². The third-order valence-corrected chi connectivity index (χ3v) is 4.79. The molecule has 2 fully saturated rings. The Morgan fingerprint density at radius 1 is 1.06 bits per heavy atom. The molecule has 0 spiro atoms. The van der Waals surface area contributed by atoms with Crippen LogP contribution in [0.15, 0.2) is 0 Å². The van der Waals surface area contributed by atoms with E-state index >= 15 is 0 Å². The molecule has 92 valence electrons. The summed E-state index contributed by atoms with van der Waals surface area (Å²) < 4.78 is 0. The maximum absolute atomic E-state index is 12.4. The minimum absolute atomic E-state index is 0.335. The van der Waals surface area contributed by atoms with E-state index in [1.807, 2.05) is 0 Å². The molecule has 2 aliphatic rings. The fourth-order valence-electron chi connectivity index (χ4n) is 3.05. The molecule has 0 radical (unpaired) electrons. The lowest BCUT2D eigenvalue weighted by Crippen LogP contribution is -2.40. The van der Waals surface area contributed by atoms with Crippen LogP contribution in [-0.4, -0.2) is 28.7 Å². The van der Waals surface area contributed by atoms with Crippen molar-refractivity contribution in [2.45, 2.75) is 57.4 Å². The normalized spacial score (nSPS) is 28.1. The smallest absolute Gasteiger partial charge is 0.225 e. The third-order valence-electron chi connectivity index (χ3n) is 4.04. The van der Waals surface area contributed by atoms with Crippen LogP contribution in [0.2, 0.25) is 0 Å². The van der Waals surface area contributed by atoms with E-state index in [0.29, 0.717) is 17.9 Å².